The van der Waals surface area contributed by atoms with E-state index in [0.717, 1.165) is 17.9 Å². The van der Waals surface area contributed by atoms with Crippen molar-refractivity contribution >= 4 is 13.2 Å². The van der Waals surface area contributed by atoms with Crippen LogP contribution in [0.2, 0.25) is 0 Å². The monoisotopic (exact) mass is 406 g/mol. The van der Waals surface area contributed by atoms with Gasteiger partial charge in [-0.15, -0.1) is 0 Å². The summed E-state index contributed by atoms with van der Waals surface area (Å²) in [5.74, 6) is 1.94. The fourth-order valence-corrected chi connectivity index (χ4v) is 3.25. The molecule has 0 radical (unpaired) electrons. The maximum atomic E-state index is 6.00. The lowest BCUT2D eigenvalue weighted by atomic mass is 10.0. The van der Waals surface area contributed by atoms with Gasteiger partial charge in [0.2, 0.25) is 0 Å². The summed E-state index contributed by atoms with van der Waals surface area (Å²) in [6, 6.07) is 16.5. The molecule has 1 aliphatic rings. The summed E-state index contributed by atoms with van der Waals surface area (Å²) in [7, 11) is 0. The fourth-order valence-electron chi connectivity index (χ4n) is 2.27. The lowest BCUT2D eigenvalue weighted by Crippen LogP contribution is -2.10. The van der Waals surface area contributed by atoms with Gasteiger partial charge in [0.1, 0.15) is 24.2 Å². The summed E-state index contributed by atoms with van der Waals surface area (Å²) in [5.41, 5.74) is 2.40. The van der Waals surface area contributed by atoms with Gasteiger partial charge in [-0.3, -0.25) is 0 Å². The van der Waals surface area contributed by atoms with Gasteiger partial charge in [0, 0.05) is 6.42 Å². The molecule has 28 heavy (non-hydrogen) atoms. The van der Waals surface area contributed by atoms with E-state index < -0.39 is 6.89 Å². The molecule has 1 aliphatic heterocycles. The Kier molecular flexibility index (Phi) is 17.8. The minimum Gasteiger partial charge on any atom is -0.489 e. The standard InChI is InChI=1S/C17H19O2P.4C2H6/c1-20(2)12-18-16-9-5-3-7-14(16)11-15-8-4-6-10-17(15)19-13-20;4*1-2/h3-10H,1,11-13H2,2H3;4*1-2H3. The van der Waals surface area contributed by atoms with Crippen molar-refractivity contribution in [3.8, 4) is 11.5 Å². The Morgan fingerprint density at radius 3 is 1.32 bits per heavy atom. The molecular formula is C25H43O2P. The highest BCUT2D eigenvalue weighted by Crippen LogP contribution is 2.42. The summed E-state index contributed by atoms with van der Waals surface area (Å²) in [6.07, 6.45) is 6.46. The highest BCUT2D eigenvalue weighted by atomic mass is 31.2. The van der Waals surface area contributed by atoms with E-state index in [2.05, 4.69) is 37.2 Å². The number of para-hydroxylation sites is 2. The average molecular weight is 407 g/mol. The molecule has 0 unspecified atom stereocenters. The zero-order valence-electron chi connectivity index (χ0n) is 19.7. The third-order valence-corrected chi connectivity index (χ3v) is 4.89. The second-order valence-electron chi connectivity index (χ2n) is 5.56. The molecule has 3 rings (SSSR count). The van der Waals surface area contributed by atoms with E-state index in [4.69, 9.17) is 9.47 Å². The molecule has 3 heteroatoms. The van der Waals surface area contributed by atoms with Gasteiger partial charge < -0.3 is 9.47 Å². The summed E-state index contributed by atoms with van der Waals surface area (Å²) >= 11 is 0. The van der Waals surface area contributed by atoms with Crippen molar-refractivity contribution in [1.29, 1.82) is 0 Å². The number of benzene rings is 2. The number of fused-ring (bicyclic) bond motifs is 2. The minimum absolute atomic E-state index is 0.659. The van der Waals surface area contributed by atoms with Gasteiger partial charge in [-0.25, -0.2) is 0 Å². The van der Waals surface area contributed by atoms with E-state index in [-0.39, 0.29) is 0 Å². The highest BCUT2D eigenvalue weighted by Gasteiger charge is 2.16. The van der Waals surface area contributed by atoms with Gasteiger partial charge >= 0.3 is 0 Å². The molecule has 0 aromatic heterocycles. The van der Waals surface area contributed by atoms with Crippen LogP contribution in [0.25, 0.3) is 0 Å². The Morgan fingerprint density at radius 2 is 0.964 bits per heavy atom. The van der Waals surface area contributed by atoms with Gasteiger partial charge in [0.25, 0.3) is 0 Å². The zero-order chi connectivity index (χ0) is 22.0. The Balaban J connectivity index is 0. The molecule has 0 amide bonds. The third kappa shape index (κ3) is 10.0. The molecule has 2 aromatic rings. The van der Waals surface area contributed by atoms with Crippen molar-refractivity contribution in [2.24, 2.45) is 0 Å². The highest BCUT2D eigenvalue weighted by molar-refractivity contribution is 7.72. The van der Waals surface area contributed by atoms with Gasteiger partial charge in [0.15, 0.2) is 0 Å². The van der Waals surface area contributed by atoms with Crippen molar-refractivity contribution in [3.63, 3.8) is 0 Å². The van der Waals surface area contributed by atoms with E-state index in [9.17, 15) is 0 Å². The molecule has 2 nitrogen and oxygen atoms in total. The van der Waals surface area contributed by atoms with Crippen molar-refractivity contribution in [2.75, 3.05) is 19.4 Å². The quantitative estimate of drug-likeness (QED) is 0.411. The molecule has 0 fully saturated rings. The molecule has 0 saturated heterocycles. The molecular weight excluding hydrogens is 363 g/mol. The van der Waals surface area contributed by atoms with Crippen LogP contribution in [-0.2, 0) is 6.42 Å². The molecule has 0 atom stereocenters. The zero-order valence-corrected chi connectivity index (χ0v) is 20.6. The third-order valence-electron chi connectivity index (χ3n) is 3.39. The Bertz CT molecular complexity index is 612. The smallest absolute Gasteiger partial charge is 0.123 e. The fraction of sp³-hybridized carbons (Fsp3) is 0.480. The predicted molar refractivity (Wildman–Crippen MR) is 132 cm³/mol. The van der Waals surface area contributed by atoms with Crippen LogP contribution in [-0.4, -0.2) is 25.7 Å². The summed E-state index contributed by atoms with van der Waals surface area (Å²) in [5, 5.41) is 0. The SMILES string of the molecule is C=P1(C)COc2ccccc2Cc2ccccc2OC1.CC.CC.CC.CC. The number of hydrogen-bond acceptors (Lipinski definition) is 2. The van der Waals surface area contributed by atoms with Crippen molar-refractivity contribution < 1.29 is 9.47 Å². The Hall–Kier alpha value is -1.66. The summed E-state index contributed by atoms with van der Waals surface area (Å²) < 4.78 is 12.0. The average Bonchev–Trinajstić information content (AvgIpc) is 2.78. The van der Waals surface area contributed by atoms with Crippen LogP contribution in [0.5, 0.6) is 11.5 Å². The first kappa shape index (κ1) is 28.5. The van der Waals surface area contributed by atoms with Crippen molar-refractivity contribution in [1.82, 2.24) is 0 Å². The van der Waals surface area contributed by atoms with Gasteiger partial charge in [-0.1, -0.05) is 98.1 Å². The van der Waals surface area contributed by atoms with Crippen molar-refractivity contribution in [2.45, 2.75) is 61.8 Å². The van der Waals surface area contributed by atoms with Crippen molar-refractivity contribution in [3.05, 3.63) is 59.7 Å². The van der Waals surface area contributed by atoms with Crippen LogP contribution in [0.1, 0.15) is 66.5 Å². The van der Waals surface area contributed by atoms with E-state index in [1.54, 1.807) is 0 Å². The van der Waals surface area contributed by atoms with Crippen LogP contribution < -0.4 is 9.47 Å². The molecule has 0 bridgehead atoms. The Labute approximate surface area is 175 Å². The second-order valence-corrected chi connectivity index (χ2v) is 9.31. The minimum atomic E-state index is -1.46. The Morgan fingerprint density at radius 1 is 0.643 bits per heavy atom. The van der Waals surface area contributed by atoms with Crippen LogP contribution in [0.4, 0.5) is 0 Å². The predicted octanol–water partition coefficient (Wildman–Crippen LogP) is 8.15. The van der Waals surface area contributed by atoms with E-state index in [0.29, 0.717) is 12.7 Å². The first-order chi connectivity index (χ1) is 13.6. The van der Waals surface area contributed by atoms with Crippen LogP contribution in [0, 0.1) is 0 Å². The summed E-state index contributed by atoms with van der Waals surface area (Å²) in [4.78, 5) is 0. The maximum absolute atomic E-state index is 6.00. The molecule has 0 spiro atoms. The topological polar surface area (TPSA) is 18.5 Å². The van der Waals surface area contributed by atoms with Crippen LogP contribution in [0.15, 0.2) is 48.5 Å². The van der Waals surface area contributed by atoms with Gasteiger partial charge in [0.05, 0.1) is 0 Å². The normalized spacial score (nSPS) is 13.0. The lowest BCUT2D eigenvalue weighted by molar-refractivity contribution is 0.356. The van der Waals surface area contributed by atoms with Crippen LogP contribution in [0.3, 0.4) is 0 Å². The molecule has 0 saturated carbocycles. The number of ether oxygens (including phenoxy) is 2. The second kappa shape index (κ2) is 17.4. The first-order valence-corrected chi connectivity index (χ1v) is 13.5. The first-order valence-electron chi connectivity index (χ1n) is 10.7. The molecule has 160 valence electrons. The van der Waals surface area contributed by atoms with E-state index in [1.807, 2.05) is 79.7 Å². The van der Waals surface area contributed by atoms with Gasteiger partial charge in [-0.2, -0.15) is 0 Å². The van der Waals surface area contributed by atoms with E-state index >= 15 is 0 Å². The molecule has 0 N–H and O–H groups in total. The lowest BCUT2D eigenvalue weighted by Gasteiger charge is -2.24. The maximum Gasteiger partial charge on any atom is 0.123 e. The summed E-state index contributed by atoms with van der Waals surface area (Å²) in [6.45, 7) is 16.7. The largest absolute Gasteiger partial charge is 0.489 e. The number of hydrogen-bond donors (Lipinski definition) is 0. The molecule has 1 heterocycles. The van der Waals surface area contributed by atoms with Gasteiger partial charge in [-0.05, 0) is 36.8 Å². The van der Waals surface area contributed by atoms with E-state index in [1.165, 1.54) is 11.1 Å². The molecule has 2 aromatic carbocycles. The number of rotatable bonds is 0. The molecule has 0 aliphatic carbocycles. The van der Waals surface area contributed by atoms with Crippen LogP contribution >= 0.6 is 6.89 Å².